The van der Waals surface area contributed by atoms with Crippen LogP contribution in [0.1, 0.15) is 17.2 Å². The Labute approximate surface area is 133 Å². The summed E-state index contributed by atoms with van der Waals surface area (Å²) in [6.45, 7) is 0.322. The van der Waals surface area contributed by atoms with E-state index in [1.807, 2.05) is 0 Å². The maximum Gasteiger partial charge on any atom is 0.272 e. The third-order valence-electron chi connectivity index (χ3n) is 3.49. The van der Waals surface area contributed by atoms with Crippen molar-refractivity contribution in [1.82, 2.24) is 20.4 Å². The van der Waals surface area contributed by atoms with Gasteiger partial charge in [0.15, 0.2) is 0 Å². The molecule has 0 spiro atoms. The first kappa shape index (κ1) is 16.6. The molecule has 0 radical (unpaired) electrons. The Morgan fingerprint density at radius 3 is 2.78 bits per heavy atom. The first-order chi connectivity index (χ1) is 11.0. The van der Waals surface area contributed by atoms with Crippen molar-refractivity contribution in [2.75, 3.05) is 13.6 Å². The minimum Gasteiger partial charge on any atom is -0.354 e. The predicted octanol–water partition coefficient (Wildman–Crippen LogP) is 0.948. The van der Waals surface area contributed by atoms with Crippen LogP contribution < -0.4 is 10.6 Å². The van der Waals surface area contributed by atoms with Crippen LogP contribution in [0.5, 0.6) is 0 Å². The summed E-state index contributed by atoms with van der Waals surface area (Å²) >= 11 is 0. The van der Waals surface area contributed by atoms with Gasteiger partial charge in [-0.25, -0.2) is 0 Å². The molecule has 8 heteroatoms. The molecular weight excluding hydrogens is 298 g/mol. The molecule has 1 amide bonds. The molecule has 0 bridgehead atoms. The van der Waals surface area contributed by atoms with E-state index in [0.717, 1.165) is 5.56 Å². The zero-order valence-corrected chi connectivity index (χ0v) is 13.0. The number of amides is 1. The van der Waals surface area contributed by atoms with Gasteiger partial charge in [-0.05, 0) is 13.5 Å². The average Bonchev–Trinajstić information content (AvgIpc) is 2.94. The lowest BCUT2D eigenvalue weighted by molar-refractivity contribution is -0.385. The number of benzene rings is 1. The number of nitrogens with zero attached hydrogens (tertiary/aromatic N) is 3. The van der Waals surface area contributed by atoms with Crippen molar-refractivity contribution < 1.29 is 9.72 Å². The van der Waals surface area contributed by atoms with Gasteiger partial charge in [0.2, 0.25) is 5.91 Å². The van der Waals surface area contributed by atoms with E-state index in [1.54, 1.807) is 49.4 Å². The summed E-state index contributed by atoms with van der Waals surface area (Å²) in [5, 5.41) is 20.7. The number of aryl methyl sites for hydroxylation is 1. The summed E-state index contributed by atoms with van der Waals surface area (Å²) < 4.78 is 1.63. The second-order valence-electron chi connectivity index (χ2n) is 5.10. The Morgan fingerprint density at radius 1 is 1.43 bits per heavy atom. The van der Waals surface area contributed by atoms with Crippen LogP contribution in [0.4, 0.5) is 5.69 Å². The molecule has 2 rings (SSSR count). The van der Waals surface area contributed by atoms with E-state index in [2.05, 4.69) is 15.7 Å². The third kappa shape index (κ3) is 4.13. The van der Waals surface area contributed by atoms with E-state index < -0.39 is 11.0 Å². The molecule has 0 saturated carbocycles. The Bertz CT molecular complexity index is 698. The monoisotopic (exact) mass is 317 g/mol. The molecule has 2 aromatic rings. The van der Waals surface area contributed by atoms with E-state index in [-0.39, 0.29) is 11.6 Å². The summed E-state index contributed by atoms with van der Waals surface area (Å²) in [6.07, 6.45) is 3.79. The molecule has 0 fully saturated rings. The molecule has 1 atom stereocenters. The molecule has 2 N–H and O–H groups in total. The normalized spacial score (nSPS) is 11.9. The number of nitro groups is 1. The number of rotatable bonds is 7. The molecule has 1 unspecified atom stereocenters. The summed E-state index contributed by atoms with van der Waals surface area (Å²) in [6, 6.07) is 6.02. The second kappa shape index (κ2) is 7.50. The van der Waals surface area contributed by atoms with E-state index in [9.17, 15) is 14.9 Å². The molecule has 23 heavy (non-hydrogen) atoms. The van der Waals surface area contributed by atoms with Gasteiger partial charge in [0, 0.05) is 37.0 Å². The van der Waals surface area contributed by atoms with Gasteiger partial charge in [0.05, 0.1) is 11.1 Å². The number of hydrogen-bond acceptors (Lipinski definition) is 5. The zero-order chi connectivity index (χ0) is 16.8. The van der Waals surface area contributed by atoms with Crippen molar-refractivity contribution in [2.45, 2.75) is 12.5 Å². The minimum atomic E-state index is -0.505. The summed E-state index contributed by atoms with van der Waals surface area (Å²) in [4.78, 5) is 22.8. The van der Waals surface area contributed by atoms with Gasteiger partial charge in [-0.3, -0.25) is 19.6 Å². The summed E-state index contributed by atoms with van der Waals surface area (Å²) in [5.74, 6) is -0.195. The molecule has 0 saturated heterocycles. The Hall–Kier alpha value is -2.74. The molecule has 1 heterocycles. The number of hydrogen-bond donors (Lipinski definition) is 2. The van der Waals surface area contributed by atoms with Gasteiger partial charge in [-0.2, -0.15) is 5.10 Å². The van der Waals surface area contributed by atoms with Crippen molar-refractivity contribution in [3.63, 3.8) is 0 Å². The molecule has 8 nitrogen and oxygen atoms in total. The highest BCUT2D eigenvalue weighted by atomic mass is 16.6. The summed E-state index contributed by atoms with van der Waals surface area (Å²) in [5.41, 5.74) is 1.43. The predicted molar refractivity (Wildman–Crippen MR) is 84.8 cm³/mol. The van der Waals surface area contributed by atoms with Crippen LogP contribution in [0.3, 0.4) is 0 Å². The molecule has 0 aliphatic heterocycles. The highest BCUT2D eigenvalue weighted by Gasteiger charge is 2.20. The van der Waals surface area contributed by atoms with Crippen molar-refractivity contribution >= 4 is 11.6 Å². The van der Waals surface area contributed by atoms with Crippen LogP contribution in [0.25, 0.3) is 0 Å². The SMILES string of the molecule is CNC(C(=O)NCCc1ccccc1[N+](=O)[O-])c1cnn(C)c1. The van der Waals surface area contributed by atoms with Crippen molar-refractivity contribution in [3.8, 4) is 0 Å². The number of nitro benzene ring substituents is 1. The zero-order valence-electron chi connectivity index (χ0n) is 13.0. The third-order valence-corrected chi connectivity index (χ3v) is 3.49. The van der Waals surface area contributed by atoms with Crippen molar-refractivity contribution in [3.05, 3.63) is 57.9 Å². The van der Waals surface area contributed by atoms with Crippen LogP contribution in [0.2, 0.25) is 0 Å². The van der Waals surface area contributed by atoms with Crippen LogP contribution in [0.15, 0.2) is 36.7 Å². The fourth-order valence-electron chi connectivity index (χ4n) is 2.36. The second-order valence-corrected chi connectivity index (χ2v) is 5.10. The Kier molecular flexibility index (Phi) is 5.42. The highest BCUT2D eigenvalue weighted by Crippen LogP contribution is 2.18. The largest absolute Gasteiger partial charge is 0.354 e. The van der Waals surface area contributed by atoms with E-state index in [0.29, 0.717) is 18.5 Å². The van der Waals surface area contributed by atoms with Gasteiger partial charge in [-0.15, -0.1) is 0 Å². The molecule has 122 valence electrons. The van der Waals surface area contributed by atoms with E-state index in [1.165, 1.54) is 6.07 Å². The lowest BCUT2D eigenvalue weighted by atomic mass is 10.1. The van der Waals surface area contributed by atoms with E-state index >= 15 is 0 Å². The Morgan fingerprint density at radius 2 is 2.17 bits per heavy atom. The maximum absolute atomic E-state index is 12.2. The number of aromatic nitrogens is 2. The smallest absolute Gasteiger partial charge is 0.272 e. The highest BCUT2D eigenvalue weighted by molar-refractivity contribution is 5.83. The molecule has 0 aliphatic rings. The Balaban J connectivity index is 1.95. The minimum absolute atomic E-state index is 0.0687. The average molecular weight is 317 g/mol. The number of carbonyl (C=O) groups is 1. The molecule has 1 aromatic carbocycles. The molecule has 1 aromatic heterocycles. The number of nitrogens with one attached hydrogen (secondary N) is 2. The fourth-order valence-corrected chi connectivity index (χ4v) is 2.36. The van der Waals surface area contributed by atoms with Gasteiger partial charge in [0.1, 0.15) is 6.04 Å². The van der Waals surface area contributed by atoms with E-state index in [4.69, 9.17) is 0 Å². The van der Waals surface area contributed by atoms with Crippen LogP contribution in [-0.2, 0) is 18.3 Å². The number of likely N-dealkylation sites (N-methyl/N-ethyl adjacent to an activating group) is 1. The van der Waals surface area contributed by atoms with Gasteiger partial charge >= 0.3 is 0 Å². The van der Waals surface area contributed by atoms with Gasteiger partial charge < -0.3 is 10.6 Å². The quantitative estimate of drug-likeness (QED) is 0.584. The van der Waals surface area contributed by atoms with Gasteiger partial charge in [-0.1, -0.05) is 18.2 Å². The fraction of sp³-hybridized carbons (Fsp3) is 0.333. The lowest BCUT2D eigenvalue weighted by Gasteiger charge is -2.14. The summed E-state index contributed by atoms with van der Waals surface area (Å²) in [7, 11) is 3.47. The van der Waals surface area contributed by atoms with Crippen LogP contribution in [0, 0.1) is 10.1 Å². The first-order valence-electron chi connectivity index (χ1n) is 7.18. The maximum atomic E-state index is 12.2. The molecule has 0 aliphatic carbocycles. The van der Waals surface area contributed by atoms with Crippen LogP contribution in [-0.4, -0.2) is 34.2 Å². The number of para-hydroxylation sites is 1. The van der Waals surface area contributed by atoms with Crippen molar-refractivity contribution in [2.24, 2.45) is 7.05 Å². The molecular formula is C15H19N5O3. The number of carbonyl (C=O) groups excluding carboxylic acids is 1. The van der Waals surface area contributed by atoms with Gasteiger partial charge in [0.25, 0.3) is 5.69 Å². The lowest BCUT2D eigenvalue weighted by Crippen LogP contribution is -2.36. The topological polar surface area (TPSA) is 102 Å². The van der Waals surface area contributed by atoms with Crippen LogP contribution >= 0.6 is 0 Å². The van der Waals surface area contributed by atoms with Crippen molar-refractivity contribution in [1.29, 1.82) is 0 Å². The first-order valence-corrected chi connectivity index (χ1v) is 7.18. The standard InChI is InChI=1S/C15H19N5O3/c1-16-14(12-9-18-19(2)10-12)15(21)17-8-7-11-5-3-4-6-13(11)20(22)23/h3-6,9-10,14,16H,7-8H2,1-2H3,(H,17,21).